The molecule has 2 rings (SSSR count). The number of anilines is 1. The van der Waals surface area contributed by atoms with Crippen LogP contribution in [0.2, 0.25) is 0 Å². The molecule has 7 heteroatoms. The van der Waals surface area contributed by atoms with Crippen molar-refractivity contribution < 1.29 is 23.5 Å². The number of hydrogen-bond acceptors (Lipinski definition) is 4. The zero-order chi connectivity index (χ0) is 18.4. The molecule has 0 fully saturated rings. The molecule has 2 aromatic carbocycles. The summed E-state index contributed by atoms with van der Waals surface area (Å²) in [6.07, 6.45) is 0. The molecule has 0 aliphatic carbocycles. The Morgan fingerprint density at radius 1 is 1.16 bits per heavy atom. The van der Waals surface area contributed by atoms with Crippen LogP contribution in [-0.4, -0.2) is 44.5 Å². The minimum atomic E-state index is -0.486. The van der Waals surface area contributed by atoms with E-state index in [-0.39, 0.29) is 23.8 Å². The minimum Gasteiger partial charge on any atom is -0.493 e. The standard InChI is InChI=1S/C18H19FN2O4/c1-21(2)18(23)14-8-5-9-15(24-3)17(14)25-11-16(22)20-13-7-4-6-12(19)10-13/h4-10H,11H2,1-3H3,(H,20,22). The number of carbonyl (C=O) groups excluding carboxylic acids is 2. The van der Waals surface area contributed by atoms with Gasteiger partial charge < -0.3 is 19.7 Å². The van der Waals surface area contributed by atoms with Gasteiger partial charge in [0.15, 0.2) is 18.1 Å². The molecule has 0 saturated heterocycles. The molecule has 0 radical (unpaired) electrons. The van der Waals surface area contributed by atoms with Crippen molar-refractivity contribution in [2.24, 2.45) is 0 Å². The largest absolute Gasteiger partial charge is 0.493 e. The number of amides is 2. The molecule has 132 valence electrons. The fourth-order valence-corrected chi connectivity index (χ4v) is 2.14. The van der Waals surface area contributed by atoms with Gasteiger partial charge in [-0.25, -0.2) is 4.39 Å². The lowest BCUT2D eigenvalue weighted by molar-refractivity contribution is -0.118. The first kappa shape index (κ1) is 18.3. The van der Waals surface area contributed by atoms with Gasteiger partial charge >= 0.3 is 0 Å². The second-order valence-electron chi connectivity index (χ2n) is 5.38. The number of nitrogens with zero attached hydrogens (tertiary/aromatic N) is 1. The Balaban J connectivity index is 2.13. The lowest BCUT2D eigenvalue weighted by atomic mass is 10.1. The molecule has 2 amide bonds. The Kier molecular flexibility index (Phi) is 5.94. The lowest BCUT2D eigenvalue weighted by Gasteiger charge is -2.17. The van der Waals surface area contributed by atoms with E-state index < -0.39 is 11.7 Å². The highest BCUT2D eigenvalue weighted by molar-refractivity contribution is 5.98. The lowest BCUT2D eigenvalue weighted by Crippen LogP contribution is -2.24. The van der Waals surface area contributed by atoms with Gasteiger partial charge in [0.2, 0.25) is 0 Å². The van der Waals surface area contributed by atoms with Crippen LogP contribution >= 0.6 is 0 Å². The van der Waals surface area contributed by atoms with E-state index in [1.54, 1.807) is 38.4 Å². The first-order valence-electron chi connectivity index (χ1n) is 7.49. The third-order valence-corrected chi connectivity index (χ3v) is 3.29. The predicted molar refractivity (Wildman–Crippen MR) is 91.5 cm³/mol. The van der Waals surface area contributed by atoms with E-state index in [9.17, 15) is 14.0 Å². The summed E-state index contributed by atoms with van der Waals surface area (Å²) < 4.78 is 23.9. The molecule has 0 aromatic heterocycles. The van der Waals surface area contributed by atoms with Crippen LogP contribution in [0.15, 0.2) is 42.5 Å². The van der Waals surface area contributed by atoms with Crippen molar-refractivity contribution in [2.75, 3.05) is 33.1 Å². The molecule has 6 nitrogen and oxygen atoms in total. The van der Waals surface area contributed by atoms with Crippen LogP contribution in [0.3, 0.4) is 0 Å². The Morgan fingerprint density at radius 2 is 1.88 bits per heavy atom. The van der Waals surface area contributed by atoms with E-state index in [4.69, 9.17) is 9.47 Å². The second-order valence-corrected chi connectivity index (χ2v) is 5.38. The maximum absolute atomic E-state index is 13.1. The van der Waals surface area contributed by atoms with Crippen molar-refractivity contribution in [2.45, 2.75) is 0 Å². The zero-order valence-corrected chi connectivity index (χ0v) is 14.2. The molecule has 0 heterocycles. The molecule has 25 heavy (non-hydrogen) atoms. The minimum absolute atomic E-state index is 0.179. The Bertz CT molecular complexity index is 777. The van der Waals surface area contributed by atoms with E-state index in [1.807, 2.05) is 0 Å². The van der Waals surface area contributed by atoms with Crippen LogP contribution in [0.4, 0.5) is 10.1 Å². The number of rotatable bonds is 6. The van der Waals surface area contributed by atoms with Crippen molar-refractivity contribution >= 4 is 17.5 Å². The summed E-state index contributed by atoms with van der Waals surface area (Å²) in [4.78, 5) is 25.7. The summed E-state index contributed by atoms with van der Waals surface area (Å²) in [7, 11) is 4.67. The summed E-state index contributed by atoms with van der Waals surface area (Å²) in [6.45, 7) is -0.357. The zero-order valence-electron chi connectivity index (χ0n) is 14.2. The van der Waals surface area contributed by atoms with Crippen LogP contribution in [-0.2, 0) is 4.79 Å². The molecule has 0 bridgehead atoms. The summed E-state index contributed by atoms with van der Waals surface area (Å²) in [5.74, 6) is -0.703. The normalized spacial score (nSPS) is 10.1. The fraction of sp³-hybridized carbons (Fsp3) is 0.222. The first-order valence-corrected chi connectivity index (χ1v) is 7.49. The number of ether oxygens (including phenoxy) is 2. The number of halogens is 1. The molecule has 2 aromatic rings. The van der Waals surface area contributed by atoms with Crippen molar-refractivity contribution in [1.29, 1.82) is 0 Å². The van der Waals surface area contributed by atoms with Crippen LogP contribution in [0.5, 0.6) is 11.5 Å². The highest BCUT2D eigenvalue weighted by Gasteiger charge is 2.19. The average molecular weight is 346 g/mol. The number of nitrogens with one attached hydrogen (secondary N) is 1. The third-order valence-electron chi connectivity index (χ3n) is 3.29. The van der Waals surface area contributed by atoms with Gasteiger partial charge in [0.1, 0.15) is 5.82 Å². The van der Waals surface area contributed by atoms with Crippen LogP contribution in [0.25, 0.3) is 0 Å². The number of hydrogen-bond donors (Lipinski definition) is 1. The van der Waals surface area contributed by atoms with Gasteiger partial charge in [-0.15, -0.1) is 0 Å². The van der Waals surface area contributed by atoms with Crippen molar-refractivity contribution in [3.05, 3.63) is 53.8 Å². The second kappa shape index (κ2) is 8.14. The van der Waals surface area contributed by atoms with Crippen molar-refractivity contribution in [1.82, 2.24) is 4.90 Å². The Labute approximate surface area is 145 Å². The maximum Gasteiger partial charge on any atom is 0.262 e. The first-order chi connectivity index (χ1) is 11.9. The number of benzene rings is 2. The van der Waals surface area contributed by atoms with E-state index in [2.05, 4.69) is 5.32 Å². The Hall–Kier alpha value is -3.09. The number of methoxy groups -OCH3 is 1. The van der Waals surface area contributed by atoms with Crippen molar-refractivity contribution in [3.63, 3.8) is 0 Å². The molecule has 1 N–H and O–H groups in total. The summed E-state index contributed by atoms with van der Waals surface area (Å²) in [5, 5.41) is 2.52. The van der Waals surface area contributed by atoms with Gasteiger partial charge in [0, 0.05) is 19.8 Å². The topological polar surface area (TPSA) is 67.9 Å². The van der Waals surface area contributed by atoms with Gasteiger partial charge in [-0.1, -0.05) is 12.1 Å². The quantitative estimate of drug-likeness (QED) is 0.873. The van der Waals surface area contributed by atoms with E-state index in [1.165, 1.54) is 30.2 Å². The van der Waals surface area contributed by atoms with E-state index in [0.29, 0.717) is 11.4 Å². The molecule has 0 atom stereocenters. The number of carbonyl (C=O) groups is 2. The Morgan fingerprint density at radius 3 is 2.52 bits per heavy atom. The summed E-state index contributed by atoms with van der Waals surface area (Å²) >= 11 is 0. The van der Waals surface area contributed by atoms with Gasteiger partial charge in [-0.2, -0.15) is 0 Å². The molecule has 0 aliphatic heterocycles. The highest BCUT2D eigenvalue weighted by atomic mass is 19.1. The molecular weight excluding hydrogens is 327 g/mol. The van der Waals surface area contributed by atoms with Crippen LogP contribution in [0, 0.1) is 5.82 Å². The molecular formula is C18H19FN2O4. The van der Waals surface area contributed by atoms with Crippen LogP contribution < -0.4 is 14.8 Å². The SMILES string of the molecule is COc1cccc(C(=O)N(C)C)c1OCC(=O)Nc1cccc(F)c1. The average Bonchev–Trinajstić information content (AvgIpc) is 2.58. The van der Waals surface area contributed by atoms with Gasteiger partial charge in [0.25, 0.3) is 11.8 Å². The fourth-order valence-electron chi connectivity index (χ4n) is 2.14. The maximum atomic E-state index is 13.1. The van der Waals surface area contributed by atoms with E-state index in [0.717, 1.165) is 0 Å². The third kappa shape index (κ3) is 4.69. The highest BCUT2D eigenvalue weighted by Crippen LogP contribution is 2.31. The summed E-state index contributed by atoms with van der Waals surface area (Å²) in [6, 6.07) is 10.4. The molecule has 0 spiro atoms. The van der Waals surface area contributed by atoms with Gasteiger partial charge in [-0.05, 0) is 30.3 Å². The summed E-state index contributed by atoms with van der Waals surface area (Å²) in [5.41, 5.74) is 0.598. The van der Waals surface area contributed by atoms with Crippen LogP contribution in [0.1, 0.15) is 10.4 Å². The number of para-hydroxylation sites is 1. The van der Waals surface area contributed by atoms with E-state index >= 15 is 0 Å². The molecule has 0 saturated carbocycles. The smallest absolute Gasteiger partial charge is 0.262 e. The van der Waals surface area contributed by atoms with Gasteiger partial charge in [0.05, 0.1) is 12.7 Å². The van der Waals surface area contributed by atoms with Gasteiger partial charge in [-0.3, -0.25) is 9.59 Å². The molecule has 0 unspecified atom stereocenters. The predicted octanol–water partition coefficient (Wildman–Crippen LogP) is 2.55. The monoisotopic (exact) mass is 346 g/mol. The molecule has 0 aliphatic rings. The van der Waals surface area contributed by atoms with Crippen molar-refractivity contribution in [3.8, 4) is 11.5 Å².